The number of nitrogens with one attached hydrogen (secondary N) is 1. The van der Waals surface area contributed by atoms with Crippen LogP contribution in [-0.2, 0) is 9.59 Å². The fourth-order valence-corrected chi connectivity index (χ4v) is 7.40. The van der Waals surface area contributed by atoms with Crippen LogP contribution in [0.15, 0.2) is 36.8 Å². The molecule has 1 aromatic carbocycles. The SMILES string of the molecule is O=C(CC1c2ccccc2-c2cncn21)C12CCCC(C(=O)NCC3CCCC3)(CC1)CC2. The molecule has 1 atom stereocenters. The van der Waals surface area contributed by atoms with E-state index in [1.165, 1.54) is 36.8 Å². The van der Waals surface area contributed by atoms with Gasteiger partial charge < -0.3 is 9.88 Å². The van der Waals surface area contributed by atoms with Crippen LogP contribution in [0, 0.1) is 16.7 Å². The Morgan fingerprint density at radius 3 is 2.52 bits per heavy atom. The molecule has 1 aliphatic heterocycles. The Bertz CT molecular complexity index is 1060. The Labute approximate surface area is 196 Å². The number of ketones is 1. The van der Waals surface area contributed by atoms with Gasteiger partial charge in [0.15, 0.2) is 0 Å². The fraction of sp³-hybridized carbons (Fsp3) is 0.607. The summed E-state index contributed by atoms with van der Waals surface area (Å²) >= 11 is 0. The normalized spacial score (nSPS) is 30.6. The summed E-state index contributed by atoms with van der Waals surface area (Å²) in [6, 6.07) is 8.47. The minimum absolute atomic E-state index is 0.0465. The molecule has 4 saturated carbocycles. The summed E-state index contributed by atoms with van der Waals surface area (Å²) in [5.74, 6) is 1.33. The number of nitrogens with zero attached hydrogens (tertiary/aromatic N) is 2. The van der Waals surface area contributed by atoms with Crippen molar-refractivity contribution < 1.29 is 9.59 Å². The third kappa shape index (κ3) is 3.46. The number of benzene rings is 1. The molecule has 5 heteroatoms. The largest absolute Gasteiger partial charge is 0.355 e. The lowest BCUT2D eigenvalue weighted by Crippen LogP contribution is -2.46. The Balaban J connectivity index is 1.16. The zero-order valence-corrected chi connectivity index (χ0v) is 19.5. The van der Waals surface area contributed by atoms with Crippen molar-refractivity contribution in [3.63, 3.8) is 0 Å². The Hall–Kier alpha value is -2.43. The Morgan fingerprint density at radius 2 is 1.70 bits per heavy atom. The molecule has 0 saturated heterocycles. The standard InChI is InChI=1S/C28H35N3O2/c32-25(16-23-21-8-3-4-9-22(21)24-18-29-19-31(23)24)27-10-5-11-28(14-12-27,15-13-27)26(33)30-17-20-6-1-2-7-20/h3-4,8-9,18-20,23H,1-2,5-7,10-17H2,(H,30,33). The van der Waals surface area contributed by atoms with Gasteiger partial charge in [0.2, 0.25) is 5.91 Å². The first-order valence-electron chi connectivity index (χ1n) is 13.0. The van der Waals surface area contributed by atoms with Gasteiger partial charge in [-0.3, -0.25) is 9.59 Å². The van der Waals surface area contributed by atoms with Crippen molar-refractivity contribution in [1.82, 2.24) is 14.9 Å². The lowest BCUT2D eigenvalue weighted by Gasteiger charge is -2.41. The van der Waals surface area contributed by atoms with Gasteiger partial charge in [0.1, 0.15) is 5.78 Å². The minimum Gasteiger partial charge on any atom is -0.355 e. The third-order valence-electron chi connectivity index (χ3n) is 9.55. The van der Waals surface area contributed by atoms with Crippen molar-refractivity contribution in [3.8, 4) is 11.3 Å². The van der Waals surface area contributed by atoms with E-state index in [9.17, 15) is 9.59 Å². The highest BCUT2D eigenvalue weighted by atomic mass is 16.2. The summed E-state index contributed by atoms with van der Waals surface area (Å²) in [6.07, 6.45) is 15.8. The average molecular weight is 446 g/mol. The van der Waals surface area contributed by atoms with E-state index < -0.39 is 0 Å². The average Bonchev–Trinajstić information content (AvgIpc) is 3.53. The van der Waals surface area contributed by atoms with Gasteiger partial charge in [0.25, 0.3) is 0 Å². The van der Waals surface area contributed by atoms with E-state index in [0.29, 0.717) is 18.1 Å². The highest BCUT2D eigenvalue weighted by Crippen LogP contribution is 2.56. The fourth-order valence-electron chi connectivity index (χ4n) is 7.40. The van der Waals surface area contributed by atoms with Gasteiger partial charge in [0, 0.05) is 29.4 Å². The molecular weight excluding hydrogens is 410 g/mol. The van der Waals surface area contributed by atoms with Crippen LogP contribution in [0.25, 0.3) is 11.3 Å². The van der Waals surface area contributed by atoms with E-state index in [-0.39, 0.29) is 22.8 Å². The number of aromatic nitrogens is 2. The van der Waals surface area contributed by atoms with E-state index in [1.54, 1.807) is 0 Å². The maximum atomic E-state index is 13.9. The van der Waals surface area contributed by atoms with Crippen molar-refractivity contribution in [2.45, 2.75) is 83.1 Å². The molecular formula is C28H35N3O2. The molecule has 0 radical (unpaired) electrons. The summed E-state index contributed by atoms with van der Waals surface area (Å²) in [7, 11) is 0. The molecule has 33 heavy (non-hydrogen) atoms. The highest BCUT2D eigenvalue weighted by Gasteiger charge is 2.52. The molecule has 2 bridgehead atoms. The summed E-state index contributed by atoms with van der Waals surface area (Å²) in [6.45, 7) is 0.846. The van der Waals surface area contributed by atoms with Gasteiger partial charge in [-0.1, -0.05) is 43.5 Å². The van der Waals surface area contributed by atoms with Gasteiger partial charge in [0.05, 0.1) is 24.3 Å². The summed E-state index contributed by atoms with van der Waals surface area (Å²) in [5.41, 5.74) is 3.07. The van der Waals surface area contributed by atoms with Crippen molar-refractivity contribution in [1.29, 1.82) is 0 Å². The van der Waals surface area contributed by atoms with Gasteiger partial charge in [-0.2, -0.15) is 0 Å². The third-order valence-corrected chi connectivity index (χ3v) is 9.55. The highest BCUT2D eigenvalue weighted by molar-refractivity contribution is 5.88. The molecule has 5 aliphatic rings. The first kappa shape index (κ1) is 21.1. The van der Waals surface area contributed by atoms with E-state index in [1.807, 2.05) is 12.5 Å². The summed E-state index contributed by atoms with van der Waals surface area (Å²) in [4.78, 5) is 31.5. The van der Waals surface area contributed by atoms with Gasteiger partial charge in [-0.25, -0.2) is 4.98 Å². The van der Waals surface area contributed by atoms with Crippen LogP contribution >= 0.6 is 0 Å². The van der Waals surface area contributed by atoms with Crippen molar-refractivity contribution >= 4 is 11.7 Å². The predicted octanol–water partition coefficient (Wildman–Crippen LogP) is 5.45. The number of carbonyl (C=O) groups excluding carboxylic acids is 2. The maximum Gasteiger partial charge on any atom is 0.226 e. The number of Topliss-reactive ketones (excluding diaryl/α,β-unsaturated/α-hetero) is 1. The second-order valence-corrected chi connectivity index (χ2v) is 11.2. The van der Waals surface area contributed by atoms with Crippen LogP contribution in [0.2, 0.25) is 0 Å². The number of hydrogen-bond donors (Lipinski definition) is 1. The van der Waals surface area contributed by atoms with E-state index in [4.69, 9.17) is 0 Å². The van der Waals surface area contributed by atoms with Crippen molar-refractivity contribution in [2.75, 3.05) is 6.54 Å². The number of carbonyl (C=O) groups is 2. The lowest BCUT2D eigenvalue weighted by molar-refractivity contribution is -0.139. The molecule has 1 amide bonds. The number of rotatable bonds is 6. The van der Waals surface area contributed by atoms with Gasteiger partial charge >= 0.3 is 0 Å². The Kier molecular flexibility index (Phi) is 5.19. The lowest BCUT2D eigenvalue weighted by atomic mass is 9.62. The monoisotopic (exact) mass is 445 g/mol. The topological polar surface area (TPSA) is 64.0 Å². The molecule has 0 spiro atoms. The van der Waals surface area contributed by atoms with Crippen molar-refractivity contribution in [3.05, 3.63) is 42.4 Å². The van der Waals surface area contributed by atoms with Crippen LogP contribution in [0.5, 0.6) is 0 Å². The quantitative estimate of drug-likeness (QED) is 0.643. The first-order valence-corrected chi connectivity index (χ1v) is 13.0. The molecule has 7 rings (SSSR count). The van der Waals surface area contributed by atoms with E-state index >= 15 is 0 Å². The second kappa shape index (κ2) is 8.11. The number of amides is 1. The number of hydrogen-bond acceptors (Lipinski definition) is 3. The number of fused-ring (bicyclic) bond motifs is 7. The van der Waals surface area contributed by atoms with Gasteiger partial charge in [-0.15, -0.1) is 0 Å². The molecule has 1 N–H and O–H groups in total. The smallest absolute Gasteiger partial charge is 0.226 e. The van der Waals surface area contributed by atoms with Crippen LogP contribution < -0.4 is 5.32 Å². The summed E-state index contributed by atoms with van der Waals surface area (Å²) < 4.78 is 2.18. The molecule has 174 valence electrons. The molecule has 1 aromatic heterocycles. The van der Waals surface area contributed by atoms with E-state index in [0.717, 1.165) is 57.2 Å². The van der Waals surface area contributed by atoms with Crippen molar-refractivity contribution in [2.24, 2.45) is 16.7 Å². The number of imidazole rings is 1. The van der Waals surface area contributed by atoms with E-state index in [2.05, 4.69) is 39.1 Å². The van der Waals surface area contributed by atoms with Gasteiger partial charge in [-0.05, 0) is 62.8 Å². The predicted molar refractivity (Wildman–Crippen MR) is 128 cm³/mol. The van der Waals surface area contributed by atoms with Crippen LogP contribution in [0.3, 0.4) is 0 Å². The zero-order valence-electron chi connectivity index (χ0n) is 19.5. The first-order chi connectivity index (χ1) is 16.1. The Morgan fingerprint density at radius 1 is 0.970 bits per heavy atom. The minimum atomic E-state index is -0.246. The van der Waals surface area contributed by atoms with Crippen LogP contribution in [-0.4, -0.2) is 27.8 Å². The zero-order chi connectivity index (χ0) is 22.5. The summed E-state index contributed by atoms with van der Waals surface area (Å²) in [5, 5.41) is 3.32. The molecule has 2 heterocycles. The molecule has 4 fully saturated rings. The van der Waals surface area contributed by atoms with Crippen LogP contribution in [0.1, 0.15) is 88.7 Å². The molecule has 1 unspecified atom stereocenters. The second-order valence-electron chi connectivity index (χ2n) is 11.2. The molecule has 4 aliphatic carbocycles. The van der Waals surface area contributed by atoms with Crippen LogP contribution in [0.4, 0.5) is 0 Å². The molecule has 5 nitrogen and oxygen atoms in total. The molecule has 2 aromatic rings. The maximum absolute atomic E-state index is 13.9.